The molecule has 66 heavy (non-hydrogen) atoms. The molecule has 2 saturated heterocycles. The Hall–Kier alpha value is -2.24. The van der Waals surface area contributed by atoms with E-state index in [4.69, 9.17) is 28.4 Å². The van der Waals surface area contributed by atoms with Gasteiger partial charge in [-0.25, -0.2) is 0 Å². The van der Waals surface area contributed by atoms with Crippen LogP contribution in [0.4, 0.5) is 0 Å². The van der Waals surface area contributed by atoms with E-state index in [1.807, 2.05) is 0 Å². The van der Waals surface area contributed by atoms with Crippen LogP contribution in [0.1, 0.15) is 187 Å². The first kappa shape index (κ1) is 59.9. The molecular weight excluding hydrogens is 853 g/mol. The van der Waals surface area contributed by atoms with Gasteiger partial charge < -0.3 is 64.2 Å². The number of aliphatic hydroxyl groups excluding tert-OH is 7. The maximum absolute atomic E-state index is 13.0. The van der Waals surface area contributed by atoms with Crippen LogP contribution in [0, 0.1) is 0 Å². The summed E-state index contributed by atoms with van der Waals surface area (Å²) < 4.78 is 33.5. The first-order valence-electron chi connectivity index (χ1n) is 25.7. The van der Waals surface area contributed by atoms with Crippen LogP contribution in [-0.4, -0.2) is 142 Å². The minimum absolute atomic E-state index is 0.142. The number of unbranched alkanes of at least 4 members (excludes halogenated alkanes) is 21. The summed E-state index contributed by atoms with van der Waals surface area (Å²) in [6.07, 6.45) is 19.9. The number of rotatable bonds is 39. The van der Waals surface area contributed by atoms with Gasteiger partial charge in [-0.3, -0.25) is 9.59 Å². The van der Waals surface area contributed by atoms with E-state index >= 15 is 0 Å². The Labute approximate surface area is 395 Å². The topological polar surface area (TPSA) is 231 Å². The van der Waals surface area contributed by atoms with E-state index in [1.54, 1.807) is 0 Å². The zero-order valence-electron chi connectivity index (χ0n) is 40.5. The second-order valence-electron chi connectivity index (χ2n) is 18.1. The molecule has 11 atom stereocenters. The summed E-state index contributed by atoms with van der Waals surface area (Å²) >= 11 is 0. The molecule has 384 valence electrons. The lowest BCUT2D eigenvalue weighted by Crippen LogP contribution is -2.61. The highest BCUT2D eigenvalue weighted by Crippen LogP contribution is 2.26. The van der Waals surface area contributed by atoms with Gasteiger partial charge in [-0.15, -0.1) is 5.73 Å². The van der Waals surface area contributed by atoms with Crippen molar-refractivity contribution in [2.45, 2.75) is 255 Å². The molecule has 0 aromatic carbocycles. The predicted molar refractivity (Wildman–Crippen MR) is 251 cm³/mol. The summed E-state index contributed by atoms with van der Waals surface area (Å²) in [4.78, 5) is 25.7. The zero-order chi connectivity index (χ0) is 48.2. The van der Waals surface area contributed by atoms with Gasteiger partial charge in [0.2, 0.25) is 0 Å². The minimum Gasteiger partial charge on any atom is -0.462 e. The van der Waals surface area contributed by atoms with E-state index in [-0.39, 0.29) is 19.4 Å². The third-order valence-corrected chi connectivity index (χ3v) is 12.2. The summed E-state index contributed by atoms with van der Waals surface area (Å²) in [6, 6.07) is 0. The number of carbonyl (C=O) groups excluding carboxylic acids is 2. The molecule has 2 aliphatic rings. The lowest BCUT2D eigenvalue weighted by molar-refractivity contribution is -0.332. The van der Waals surface area contributed by atoms with Crippen LogP contribution in [0.5, 0.6) is 0 Å². The number of ether oxygens (including phenoxy) is 6. The first-order chi connectivity index (χ1) is 32.0. The van der Waals surface area contributed by atoms with E-state index in [0.29, 0.717) is 12.8 Å². The molecule has 2 heterocycles. The van der Waals surface area contributed by atoms with Crippen molar-refractivity contribution in [3.05, 3.63) is 30.0 Å². The van der Waals surface area contributed by atoms with Crippen molar-refractivity contribution >= 4 is 11.9 Å². The van der Waals surface area contributed by atoms with Crippen molar-refractivity contribution in [3.8, 4) is 0 Å². The van der Waals surface area contributed by atoms with Crippen LogP contribution in [0.25, 0.3) is 0 Å². The van der Waals surface area contributed by atoms with E-state index in [9.17, 15) is 45.3 Å². The molecule has 15 heteroatoms. The minimum atomic E-state index is -1.77. The van der Waals surface area contributed by atoms with E-state index in [2.05, 4.69) is 43.9 Å². The fourth-order valence-electron chi connectivity index (χ4n) is 7.89. The number of aliphatic hydroxyl groups is 7. The van der Waals surface area contributed by atoms with Crippen molar-refractivity contribution in [1.29, 1.82) is 0 Å². The van der Waals surface area contributed by atoms with Crippen LogP contribution in [0.15, 0.2) is 30.0 Å². The van der Waals surface area contributed by atoms with Gasteiger partial charge in [0.25, 0.3) is 0 Å². The van der Waals surface area contributed by atoms with Crippen molar-refractivity contribution in [1.82, 2.24) is 0 Å². The summed E-state index contributed by atoms with van der Waals surface area (Å²) in [5.74, 6) is -0.969. The molecular formula is C51H90O15. The lowest BCUT2D eigenvalue weighted by atomic mass is 9.98. The van der Waals surface area contributed by atoms with Crippen LogP contribution in [0.2, 0.25) is 0 Å². The fourth-order valence-corrected chi connectivity index (χ4v) is 7.89. The van der Waals surface area contributed by atoms with E-state index in [0.717, 1.165) is 57.8 Å². The Morgan fingerprint density at radius 3 is 1.52 bits per heavy atom. The largest absolute Gasteiger partial charge is 0.462 e. The number of hydrogen-bond acceptors (Lipinski definition) is 15. The van der Waals surface area contributed by atoms with Gasteiger partial charge in [-0.1, -0.05) is 122 Å². The SMILES string of the molecule is CCCCCCCC=C=CCCCCCCCC(=O)O[C@H](COC(=O)CCCC/C=C/CCCCCCCCCCC)CO[C@@H]1O[C@H](CO[C@@H]2O[C@H](CO)[C@H](O)C(O)C2O)[C@H](O)C(O)C1O. The third-order valence-electron chi connectivity index (χ3n) is 12.2. The molecule has 0 spiro atoms. The Bertz CT molecular complexity index is 1310. The third kappa shape index (κ3) is 26.5. The fraction of sp³-hybridized carbons (Fsp3) is 0.863. The van der Waals surface area contributed by atoms with Crippen LogP contribution < -0.4 is 0 Å². The van der Waals surface area contributed by atoms with Crippen molar-refractivity contribution in [3.63, 3.8) is 0 Å². The highest BCUT2D eigenvalue weighted by atomic mass is 16.7. The summed E-state index contributed by atoms with van der Waals surface area (Å²) in [7, 11) is 0. The van der Waals surface area contributed by atoms with E-state index < -0.39 is 99.3 Å². The quantitative estimate of drug-likeness (QED) is 0.0144. The van der Waals surface area contributed by atoms with Gasteiger partial charge >= 0.3 is 11.9 Å². The molecule has 0 saturated carbocycles. The van der Waals surface area contributed by atoms with Crippen molar-refractivity contribution < 1.29 is 73.8 Å². The number of hydrogen-bond donors (Lipinski definition) is 7. The van der Waals surface area contributed by atoms with Gasteiger partial charge in [0.1, 0.15) is 55.4 Å². The highest BCUT2D eigenvalue weighted by Gasteiger charge is 2.47. The smallest absolute Gasteiger partial charge is 0.306 e. The summed E-state index contributed by atoms with van der Waals surface area (Å²) in [5.41, 5.74) is 3.28. The molecule has 2 aliphatic heterocycles. The van der Waals surface area contributed by atoms with Gasteiger partial charge in [0, 0.05) is 12.8 Å². The first-order valence-corrected chi connectivity index (χ1v) is 25.7. The number of esters is 2. The summed E-state index contributed by atoms with van der Waals surface area (Å²) in [5, 5.41) is 72.0. The Morgan fingerprint density at radius 2 is 0.955 bits per heavy atom. The molecule has 2 rings (SSSR count). The monoisotopic (exact) mass is 943 g/mol. The van der Waals surface area contributed by atoms with Crippen molar-refractivity contribution in [2.24, 2.45) is 0 Å². The molecule has 0 aromatic rings. The van der Waals surface area contributed by atoms with E-state index in [1.165, 1.54) is 89.9 Å². The normalized spacial score (nSPS) is 26.0. The van der Waals surface area contributed by atoms with Crippen LogP contribution >= 0.6 is 0 Å². The Morgan fingerprint density at radius 1 is 0.515 bits per heavy atom. The van der Waals surface area contributed by atoms with Gasteiger partial charge in [-0.2, -0.15) is 0 Å². The molecule has 7 N–H and O–H groups in total. The molecule has 2 fully saturated rings. The molecule has 4 unspecified atom stereocenters. The second kappa shape index (κ2) is 38.6. The van der Waals surface area contributed by atoms with Crippen LogP contribution in [-0.2, 0) is 38.0 Å². The standard InChI is InChI=1S/C51H90O15/c1-3-5-7-9-11-13-15-17-19-21-23-25-27-29-31-33-42(53)61-36-39(64-43(54)34-32-30-28-26-24-22-20-18-16-14-12-10-8-6-4-2)37-62-50-49(60)47(58)45(56)41(66-50)38-63-51-48(59)46(57)44(55)40(35-52)65-51/h16,20,23,25,39-41,44-52,55-60H,3-15,17,19,21-22,24,26-38H2,1-2H3/b25-23+/t18?,39-,40-,41-,44+,45+,46?,47?,48?,49?,50-,51-/m1/s1. The molecule has 15 nitrogen and oxygen atoms in total. The van der Waals surface area contributed by atoms with Crippen LogP contribution in [0.3, 0.4) is 0 Å². The maximum atomic E-state index is 13.0. The lowest BCUT2D eigenvalue weighted by Gasteiger charge is -2.42. The maximum Gasteiger partial charge on any atom is 0.306 e. The molecule has 0 amide bonds. The van der Waals surface area contributed by atoms with Gasteiger partial charge in [-0.05, 0) is 76.4 Å². The highest BCUT2D eigenvalue weighted by molar-refractivity contribution is 5.70. The Kier molecular flexibility index (Phi) is 35.0. The molecule has 0 aliphatic carbocycles. The van der Waals surface area contributed by atoms with Crippen molar-refractivity contribution in [2.75, 3.05) is 26.4 Å². The number of allylic oxidation sites excluding steroid dienone is 3. The number of carbonyl (C=O) groups is 2. The Balaban J connectivity index is 1.83. The van der Waals surface area contributed by atoms with Gasteiger partial charge in [0.15, 0.2) is 18.7 Å². The molecule has 0 aromatic heterocycles. The average molecular weight is 943 g/mol. The van der Waals surface area contributed by atoms with Gasteiger partial charge in [0.05, 0.1) is 19.8 Å². The second-order valence-corrected chi connectivity index (χ2v) is 18.1. The summed E-state index contributed by atoms with van der Waals surface area (Å²) in [6.45, 7) is 2.53. The predicted octanol–water partition coefficient (Wildman–Crippen LogP) is 6.92. The average Bonchev–Trinajstić information content (AvgIpc) is 3.31. The molecule has 0 bridgehead atoms. The zero-order valence-corrected chi connectivity index (χ0v) is 40.5. The molecule has 0 radical (unpaired) electrons.